The molecule has 4 aromatic rings. The fourth-order valence-corrected chi connectivity index (χ4v) is 4.25. The summed E-state index contributed by atoms with van der Waals surface area (Å²) in [5.74, 6) is 2.21. The number of hydrogen-bond donors (Lipinski definition) is 2. The number of anilines is 3. The Morgan fingerprint density at radius 1 is 1.21 bits per heavy atom. The Bertz CT molecular complexity index is 1440. The number of rotatable bonds is 8. The minimum atomic E-state index is -3.48. The van der Waals surface area contributed by atoms with Gasteiger partial charge in [0.2, 0.25) is 0 Å². The number of ether oxygens (including phenoxy) is 1. The molecule has 5 rings (SSSR count). The van der Waals surface area contributed by atoms with Crippen LogP contribution in [0.15, 0.2) is 36.9 Å². The van der Waals surface area contributed by atoms with Crippen LogP contribution in [0.2, 0.25) is 0 Å². The van der Waals surface area contributed by atoms with E-state index in [0.29, 0.717) is 36.2 Å². The summed E-state index contributed by atoms with van der Waals surface area (Å²) in [6, 6.07) is 4.06. The Morgan fingerprint density at radius 2 is 2.03 bits per heavy atom. The second-order valence-electron chi connectivity index (χ2n) is 8.24. The van der Waals surface area contributed by atoms with Crippen LogP contribution < -0.4 is 10.6 Å². The van der Waals surface area contributed by atoms with Crippen molar-refractivity contribution in [1.29, 1.82) is 0 Å². The van der Waals surface area contributed by atoms with Gasteiger partial charge in [-0.25, -0.2) is 23.4 Å². The minimum Gasteiger partial charge on any atom is -0.377 e. The van der Waals surface area contributed by atoms with E-state index in [1.54, 1.807) is 25.4 Å². The number of aromatic nitrogens is 7. The van der Waals surface area contributed by atoms with Crippen LogP contribution >= 0.6 is 0 Å². The van der Waals surface area contributed by atoms with Crippen LogP contribution in [-0.2, 0) is 14.8 Å². The van der Waals surface area contributed by atoms with E-state index < -0.39 is 10.0 Å². The third-order valence-corrected chi connectivity index (χ3v) is 6.94. The Kier molecular flexibility index (Phi) is 5.65. The van der Waals surface area contributed by atoms with Gasteiger partial charge in [-0.1, -0.05) is 0 Å². The highest BCUT2D eigenvalue weighted by molar-refractivity contribution is 7.89. The zero-order valence-corrected chi connectivity index (χ0v) is 19.8. The first kappa shape index (κ1) is 22.2. The molecule has 178 valence electrons. The first-order valence-electron chi connectivity index (χ1n) is 10.9. The van der Waals surface area contributed by atoms with Crippen molar-refractivity contribution in [3.63, 3.8) is 0 Å². The second-order valence-corrected chi connectivity index (χ2v) is 10.4. The lowest BCUT2D eigenvalue weighted by Crippen LogP contribution is -2.40. The molecule has 4 aromatic heterocycles. The van der Waals surface area contributed by atoms with E-state index in [1.165, 1.54) is 12.4 Å². The summed E-state index contributed by atoms with van der Waals surface area (Å²) < 4.78 is 32.2. The van der Waals surface area contributed by atoms with Gasteiger partial charge in [-0.05, 0) is 26.8 Å². The minimum absolute atomic E-state index is 0.0522. The van der Waals surface area contributed by atoms with Crippen LogP contribution in [0.25, 0.3) is 22.3 Å². The maximum atomic E-state index is 12.0. The largest absolute Gasteiger partial charge is 0.377 e. The molecule has 0 saturated carbocycles. The molecular formula is C21H25N9O3S. The summed E-state index contributed by atoms with van der Waals surface area (Å²) in [4.78, 5) is 13.3. The van der Waals surface area contributed by atoms with E-state index in [-0.39, 0.29) is 17.8 Å². The first-order chi connectivity index (χ1) is 16.3. The molecule has 0 radical (unpaired) electrons. The van der Waals surface area contributed by atoms with Gasteiger partial charge in [0.1, 0.15) is 11.6 Å². The Labute approximate surface area is 196 Å². The van der Waals surface area contributed by atoms with Crippen molar-refractivity contribution in [3.05, 3.63) is 36.9 Å². The average Bonchev–Trinajstić information content (AvgIpc) is 3.42. The molecule has 0 bridgehead atoms. The summed E-state index contributed by atoms with van der Waals surface area (Å²) >= 11 is 0. The topological polar surface area (TPSA) is 142 Å². The van der Waals surface area contributed by atoms with Gasteiger partial charge in [-0.3, -0.25) is 4.68 Å². The predicted octanol–water partition coefficient (Wildman–Crippen LogP) is 2.42. The molecule has 1 aliphatic rings. The first-order valence-corrected chi connectivity index (χ1v) is 12.6. The van der Waals surface area contributed by atoms with Crippen molar-refractivity contribution in [1.82, 2.24) is 33.9 Å². The molecule has 5 heterocycles. The number of fused-ring (bicyclic) bond motifs is 1. The SMILES string of the molecule is CCS(=O)(=O)n1cc(-c2nccc(Nc3cc4c(cn3)c(NC3COC3)nn4C(C)C)n2)cn1. The molecule has 1 aliphatic heterocycles. The summed E-state index contributed by atoms with van der Waals surface area (Å²) in [5, 5.41) is 16.2. The van der Waals surface area contributed by atoms with Gasteiger partial charge in [0.05, 0.1) is 53.9 Å². The number of pyridine rings is 1. The second kappa shape index (κ2) is 8.65. The van der Waals surface area contributed by atoms with Crippen molar-refractivity contribution in [2.75, 3.05) is 29.6 Å². The maximum Gasteiger partial charge on any atom is 0.253 e. The molecule has 1 fully saturated rings. The van der Waals surface area contributed by atoms with Crippen molar-refractivity contribution in [2.24, 2.45) is 0 Å². The molecular weight excluding hydrogens is 458 g/mol. The molecule has 13 heteroatoms. The van der Waals surface area contributed by atoms with E-state index >= 15 is 0 Å². The van der Waals surface area contributed by atoms with Crippen molar-refractivity contribution in [3.8, 4) is 11.4 Å². The standard InChI is InChI=1S/C21H25N9O3S/c1-4-34(31,32)29-10-14(8-24-29)20-22-6-5-18(27-20)26-19-7-17-16(9-23-19)21(25-15-11-33-12-15)28-30(17)13(2)3/h5-10,13,15H,4,11-12H2,1-3H3,(H,25,28)(H,22,23,26,27). The fraction of sp³-hybridized carbons (Fsp3) is 0.381. The molecule has 0 atom stereocenters. The molecule has 34 heavy (non-hydrogen) atoms. The lowest BCUT2D eigenvalue weighted by Gasteiger charge is -2.26. The maximum absolute atomic E-state index is 12.0. The highest BCUT2D eigenvalue weighted by atomic mass is 32.2. The zero-order chi connectivity index (χ0) is 23.9. The predicted molar refractivity (Wildman–Crippen MR) is 128 cm³/mol. The van der Waals surface area contributed by atoms with Gasteiger partial charge < -0.3 is 15.4 Å². The van der Waals surface area contributed by atoms with Crippen LogP contribution in [0, 0.1) is 0 Å². The highest BCUT2D eigenvalue weighted by Gasteiger charge is 2.22. The van der Waals surface area contributed by atoms with Crippen molar-refractivity contribution >= 4 is 38.4 Å². The molecule has 12 nitrogen and oxygen atoms in total. The quantitative estimate of drug-likeness (QED) is 0.384. The lowest BCUT2D eigenvalue weighted by atomic mass is 10.2. The van der Waals surface area contributed by atoms with E-state index in [2.05, 4.69) is 44.5 Å². The van der Waals surface area contributed by atoms with Crippen LogP contribution in [0.1, 0.15) is 26.8 Å². The summed E-state index contributed by atoms with van der Waals surface area (Å²) in [6.07, 6.45) is 6.22. The van der Waals surface area contributed by atoms with Crippen LogP contribution in [0.3, 0.4) is 0 Å². The monoisotopic (exact) mass is 483 g/mol. The van der Waals surface area contributed by atoms with E-state index in [4.69, 9.17) is 9.84 Å². The third kappa shape index (κ3) is 4.19. The third-order valence-electron chi connectivity index (χ3n) is 5.44. The van der Waals surface area contributed by atoms with E-state index in [9.17, 15) is 8.42 Å². The van der Waals surface area contributed by atoms with Crippen LogP contribution in [-0.4, -0.2) is 67.3 Å². The molecule has 0 aromatic carbocycles. The van der Waals surface area contributed by atoms with Gasteiger partial charge in [-0.2, -0.15) is 14.3 Å². The molecule has 0 spiro atoms. The van der Waals surface area contributed by atoms with Gasteiger partial charge in [0.15, 0.2) is 11.6 Å². The van der Waals surface area contributed by atoms with Gasteiger partial charge in [-0.15, -0.1) is 0 Å². The Hall–Kier alpha value is -3.58. The number of hydrogen-bond acceptors (Lipinski definition) is 10. The molecule has 2 N–H and O–H groups in total. The molecule has 1 saturated heterocycles. The van der Waals surface area contributed by atoms with E-state index in [0.717, 1.165) is 20.8 Å². The summed E-state index contributed by atoms with van der Waals surface area (Å²) in [5.41, 5.74) is 1.44. The Morgan fingerprint density at radius 3 is 2.74 bits per heavy atom. The van der Waals surface area contributed by atoms with Crippen LogP contribution in [0.4, 0.5) is 17.5 Å². The molecule has 0 amide bonds. The van der Waals surface area contributed by atoms with Crippen molar-refractivity contribution in [2.45, 2.75) is 32.9 Å². The smallest absolute Gasteiger partial charge is 0.253 e. The normalized spacial score (nSPS) is 14.5. The molecule has 0 unspecified atom stereocenters. The lowest BCUT2D eigenvalue weighted by molar-refractivity contribution is 0.0210. The number of nitrogens with zero attached hydrogens (tertiary/aromatic N) is 7. The average molecular weight is 484 g/mol. The summed E-state index contributed by atoms with van der Waals surface area (Å²) in [6.45, 7) is 7.05. The summed E-state index contributed by atoms with van der Waals surface area (Å²) in [7, 11) is -3.48. The van der Waals surface area contributed by atoms with Gasteiger partial charge in [0, 0.05) is 24.5 Å². The Balaban J connectivity index is 1.43. The highest BCUT2D eigenvalue weighted by Crippen LogP contribution is 2.29. The fourth-order valence-electron chi connectivity index (χ4n) is 3.52. The van der Waals surface area contributed by atoms with Gasteiger partial charge >= 0.3 is 0 Å². The molecule has 0 aliphatic carbocycles. The van der Waals surface area contributed by atoms with E-state index in [1.807, 2.05) is 10.7 Å². The number of nitrogens with one attached hydrogen (secondary N) is 2. The van der Waals surface area contributed by atoms with Crippen LogP contribution in [0.5, 0.6) is 0 Å². The zero-order valence-electron chi connectivity index (χ0n) is 19.0. The van der Waals surface area contributed by atoms with Crippen molar-refractivity contribution < 1.29 is 13.2 Å². The van der Waals surface area contributed by atoms with Gasteiger partial charge in [0.25, 0.3) is 10.0 Å².